The number of pyridine rings is 1. The Balaban J connectivity index is 1.78. The lowest BCUT2D eigenvalue weighted by Crippen LogP contribution is -2.22. The SMILES string of the molecule is C=C/C(=C1/CC2(CCCC2)O/C1=C(/C)OC)c1ncc(-c2ccncc2)[nH]1. The topological polar surface area (TPSA) is 60.0 Å². The number of hydrogen-bond donors (Lipinski definition) is 1. The van der Waals surface area contributed by atoms with Gasteiger partial charge in [0.2, 0.25) is 0 Å². The zero-order valence-electron chi connectivity index (χ0n) is 15.9. The van der Waals surface area contributed by atoms with Crippen LogP contribution in [0.5, 0.6) is 0 Å². The minimum absolute atomic E-state index is 0.0980. The van der Waals surface area contributed by atoms with Crippen molar-refractivity contribution < 1.29 is 9.47 Å². The molecule has 140 valence electrons. The number of imidazole rings is 1. The van der Waals surface area contributed by atoms with Crippen molar-refractivity contribution in [2.75, 3.05) is 7.11 Å². The van der Waals surface area contributed by atoms with Crippen LogP contribution in [0, 0.1) is 0 Å². The van der Waals surface area contributed by atoms with Gasteiger partial charge in [0.15, 0.2) is 5.76 Å². The number of hydrogen-bond acceptors (Lipinski definition) is 4. The van der Waals surface area contributed by atoms with Gasteiger partial charge >= 0.3 is 0 Å². The minimum atomic E-state index is -0.0980. The number of H-pyrrole nitrogens is 1. The molecule has 1 N–H and O–H groups in total. The largest absolute Gasteiger partial charge is 0.498 e. The van der Waals surface area contributed by atoms with Gasteiger partial charge in [0.25, 0.3) is 0 Å². The smallest absolute Gasteiger partial charge is 0.161 e. The maximum atomic E-state index is 6.47. The van der Waals surface area contributed by atoms with Gasteiger partial charge in [0, 0.05) is 35.5 Å². The van der Waals surface area contributed by atoms with E-state index in [1.165, 1.54) is 12.8 Å². The molecule has 1 aliphatic heterocycles. The predicted molar refractivity (Wildman–Crippen MR) is 106 cm³/mol. The minimum Gasteiger partial charge on any atom is -0.498 e. The monoisotopic (exact) mass is 363 g/mol. The Labute approximate surface area is 159 Å². The fourth-order valence-electron chi connectivity index (χ4n) is 4.11. The number of aromatic nitrogens is 3. The third-order valence-corrected chi connectivity index (χ3v) is 5.58. The molecule has 0 bridgehead atoms. The van der Waals surface area contributed by atoms with Gasteiger partial charge in [0.1, 0.15) is 17.2 Å². The molecular formula is C22H25N3O2. The Morgan fingerprint density at radius 3 is 2.70 bits per heavy atom. The van der Waals surface area contributed by atoms with E-state index in [4.69, 9.17) is 9.47 Å². The first-order valence-electron chi connectivity index (χ1n) is 9.41. The molecule has 1 saturated carbocycles. The molecule has 2 aliphatic rings. The standard InChI is InChI=1S/C22H25N3O2/c1-4-17(21-24-14-19(25-21)16-7-11-23-12-8-16)18-13-22(9-5-6-10-22)27-20(18)15(2)26-3/h4,7-8,11-12,14H,1,5-6,9-10,13H2,2-3H3,(H,24,25)/b18-17+,20-15-. The highest BCUT2D eigenvalue weighted by Gasteiger charge is 2.45. The fourth-order valence-corrected chi connectivity index (χ4v) is 4.11. The molecule has 0 atom stereocenters. The van der Waals surface area contributed by atoms with E-state index in [-0.39, 0.29) is 5.60 Å². The molecule has 4 rings (SSSR count). The highest BCUT2D eigenvalue weighted by atomic mass is 16.5. The van der Waals surface area contributed by atoms with Crippen molar-refractivity contribution in [3.63, 3.8) is 0 Å². The molecule has 0 aromatic carbocycles. The van der Waals surface area contributed by atoms with Gasteiger partial charge in [-0.25, -0.2) is 4.98 Å². The van der Waals surface area contributed by atoms with Crippen LogP contribution >= 0.6 is 0 Å². The molecule has 1 saturated heterocycles. The Hall–Kier alpha value is -2.82. The van der Waals surface area contributed by atoms with Gasteiger partial charge in [0.05, 0.1) is 19.0 Å². The van der Waals surface area contributed by atoms with Crippen LogP contribution in [0.1, 0.15) is 44.9 Å². The van der Waals surface area contributed by atoms with Crippen molar-refractivity contribution in [2.45, 2.75) is 44.6 Å². The van der Waals surface area contributed by atoms with Crippen molar-refractivity contribution >= 4 is 5.57 Å². The van der Waals surface area contributed by atoms with Crippen LogP contribution in [0.4, 0.5) is 0 Å². The summed E-state index contributed by atoms with van der Waals surface area (Å²) in [5.41, 5.74) is 4.01. The number of allylic oxidation sites excluding steroid dienone is 4. The molecule has 3 heterocycles. The maximum Gasteiger partial charge on any atom is 0.161 e. The zero-order valence-corrected chi connectivity index (χ0v) is 15.9. The summed E-state index contributed by atoms with van der Waals surface area (Å²) in [6, 6.07) is 3.93. The van der Waals surface area contributed by atoms with E-state index in [1.807, 2.05) is 31.3 Å². The first kappa shape index (κ1) is 17.6. The van der Waals surface area contributed by atoms with E-state index in [0.717, 1.165) is 59.0 Å². The lowest BCUT2D eigenvalue weighted by molar-refractivity contribution is 0.0390. The average molecular weight is 363 g/mol. The normalized spacial score (nSPS) is 21.9. The van der Waals surface area contributed by atoms with Crippen LogP contribution in [0.2, 0.25) is 0 Å². The summed E-state index contributed by atoms with van der Waals surface area (Å²) < 4.78 is 12.0. The summed E-state index contributed by atoms with van der Waals surface area (Å²) in [5.74, 6) is 2.44. The average Bonchev–Trinajstić information content (AvgIpc) is 3.44. The van der Waals surface area contributed by atoms with Crippen molar-refractivity contribution in [2.24, 2.45) is 0 Å². The van der Waals surface area contributed by atoms with Crippen molar-refractivity contribution in [3.8, 4) is 11.3 Å². The van der Waals surface area contributed by atoms with Crippen LogP contribution in [0.25, 0.3) is 16.8 Å². The highest BCUT2D eigenvalue weighted by molar-refractivity contribution is 5.77. The predicted octanol–water partition coefficient (Wildman–Crippen LogP) is 5.02. The van der Waals surface area contributed by atoms with Gasteiger partial charge in [-0.05, 0) is 44.7 Å². The molecule has 1 aliphatic carbocycles. The molecule has 2 aromatic rings. The third kappa shape index (κ3) is 3.18. The number of aromatic amines is 1. The first-order valence-corrected chi connectivity index (χ1v) is 9.41. The molecule has 1 spiro atoms. The van der Waals surface area contributed by atoms with E-state index < -0.39 is 0 Å². The van der Waals surface area contributed by atoms with Crippen molar-refractivity contribution in [1.29, 1.82) is 0 Å². The van der Waals surface area contributed by atoms with Gasteiger partial charge in [-0.3, -0.25) is 4.98 Å². The summed E-state index contributed by atoms with van der Waals surface area (Å²) in [7, 11) is 1.69. The second kappa shape index (κ2) is 7.06. The van der Waals surface area contributed by atoms with Gasteiger partial charge in [-0.2, -0.15) is 0 Å². The summed E-state index contributed by atoms with van der Waals surface area (Å²) >= 11 is 0. The lowest BCUT2D eigenvalue weighted by Gasteiger charge is -2.22. The number of ether oxygens (including phenoxy) is 2. The maximum absolute atomic E-state index is 6.47. The van der Waals surface area contributed by atoms with E-state index in [2.05, 4.69) is 21.5 Å². The molecule has 0 unspecified atom stereocenters. The van der Waals surface area contributed by atoms with Gasteiger partial charge < -0.3 is 14.5 Å². The van der Waals surface area contributed by atoms with Crippen LogP contribution in [0.3, 0.4) is 0 Å². The number of methoxy groups -OCH3 is 1. The highest BCUT2D eigenvalue weighted by Crippen LogP contribution is 2.50. The van der Waals surface area contributed by atoms with Gasteiger partial charge in [-0.1, -0.05) is 12.7 Å². The second-order valence-corrected chi connectivity index (χ2v) is 7.24. The molecule has 0 amide bonds. The third-order valence-electron chi connectivity index (χ3n) is 5.58. The quantitative estimate of drug-likeness (QED) is 0.775. The number of nitrogens with one attached hydrogen (secondary N) is 1. The second-order valence-electron chi connectivity index (χ2n) is 7.24. The van der Waals surface area contributed by atoms with E-state index in [1.54, 1.807) is 19.5 Å². The summed E-state index contributed by atoms with van der Waals surface area (Å²) in [4.78, 5) is 12.1. The summed E-state index contributed by atoms with van der Waals surface area (Å²) in [5, 5.41) is 0. The van der Waals surface area contributed by atoms with E-state index in [0.29, 0.717) is 0 Å². The summed E-state index contributed by atoms with van der Waals surface area (Å²) in [6.45, 7) is 6.00. The molecule has 0 radical (unpaired) electrons. The fraction of sp³-hybridized carbons (Fsp3) is 0.364. The molecule has 5 heteroatoms. The Morgan fingerprint density at radius 2 is 2.04 bits per heavy atom. The van der Waals surface area contributed by atoms with Crippen LogP contribution in [-0.4, -0.2) is 27.7 Å². The number of nitrogens with zero attached hydrogens (tertiary/aromatic N) is 2. The molecule has 2 fully saturated rings. The Bertz CT molecular complexity index is 903. The van der Waals surface area contributed by atoms with Crippen LogP contribution < -0.4 is 0 Å². The summed E-state index contributed by atoms with van der Waals surface area (Å²) in [6.07, 6.45) is 12.7. The van der Waals surface area contributed by atoms with Crippen LogP contribution in [-0.2, 0) is 9.47 Å². The molecule has 2 aromatic heterocycles. The molecule has 5 nitrogen and oxygen atoms in total. The van der Waals surface area contributed by atoms with E-state index >= 15 is 0 Å². The molecule has 27 heavy (non-hydrogen) atoms. The van der Waals surface area contributed by atoms with Crippen molar-refractivity contribution in [3.05, 3.63) is 66.3 Å². The Morgan fingerprint density at radius 1 is 1.30 bits per heavy atom. The number of rotatable bonds is 4. The lowest BCUT2D eigenvalue weighted by atomic mass is 9.92. The zero-order chi connectivity index (χ0) is 18.9. The first-order chi connectivity index (χ1) is 13.2. The Kier molecular flexibility index (Phi) is 4.60. The van der Waals surface area contributed by atoms with Crippen molar-refractivity contribution in [1.82, 2.24) is 15.0 Å². The molecular weight excluding hydrogens is 338 g/mol. The van der Waals surface area contributed by atoms with E-state index in [9.17, 15) is 0 Å². The van der Waals surface area contributed by atoms with Gasteiger partial charge in [-0.15, -0.1) is 0 Å². The van der Waals surface area contributed by atoms with Crippen LogP contribution in [0.15, 0.2) is 60.5 Å².